The van der Waals surface area contributed by atoms with E-state index in [1.807, 2.05) is 0 Å². The summed E-state index contributed by atoms with van der Waals surface area (Å²) in [7, 11) is -3.14. The van der Waals surface area contributed by atoms with E-state index in [4.69, 9.17) is 16.3 Å². The third-order valence-electron chi connectivity index (χ3n) is 6.18. The minimum atomic E-state index is -3.14. The van der Waals surface area contributed by atoms with Crippen molar-refractivity contribution in [3.63, 3.8) is 0 Å². The lowest BCUT2D eigenvalue weighted by molar-refractivity contribution is 0.0765. The molecule has 0 bridgehead atoms. The summed E-state index contributed by atoms with van der Waals surface area (Å²) in [4.78, 5) is 36.2. The lowest BCUT2D eigenvalue weighted by Gasteiger charge is -2.27. The summed E-state index contributed by atoms with van der Waals surface area (Å²) < 4.78 is 30.6. The Hall–Kier alpha value is -3.18. The minimum Gasteiger partial charge on any atom is -0.486 e. The fourth-order valence-corrected chi connectivity index (χ4v) is 5.70. The highest BCUT2D eigenvalue weighted by atomic mass is 35.5. The van der Waals surface area contributed by atoms with Crippen molar-refractivity contribution >= 4 is 38.7 Å². The second kappa shape index (κ2) is 9.46. The lowest BCUT2D eigenvalue weighted by Crippen LogP contribution is -2.43. The highest BCUT2D eigenvalue weighted by Crippen LogP contribution is 2.29. The Kier molecular flexibility index (Phi) is 6.37. The number of aromatic amines is 1. The molecule has 2 aliphatic rings. The van der Waals surface area contributed by atoms with Crippen molar-refractivity contribution in [1.29, 1.82) is 0 Å². The minimum absolute atomic E-state index is 0.0777. The van der Waals surface area contributed by atoms with Crippen LogP contribution in [0.25, 0.3) is 11.4 Å². The average Bonchev–Trinajstić information content (AvgIpc) is 3.28. The molecule has 1 aliphatic carbocycles. The molecule has 0 unspecified atom stereocenters. The molecule has 1 amide bonds. The molecule has 1 aromatic carbocycles. The summed E-state index contributed by atoms with van der Waals surface area (Å²) in [6.07, 6.45) is 6.25. The molecule has 2 aromatic heterocycles. The molecule has 12 heteroatoms. The molecule has 3 aromatic rings. The molecule has 0 radical (unpaired) electrons. The maximum atomic E-state index is 13.1. The predicted octanol–water partition coefficient (Wildman–Crippen LogP) is 2.48. The molecule has 0 saturated carbocycles. The third kappa shape index (κ3) is 4.96. The van der Waals surface area contributed by atoms with E-state index < -0.39 is 15.7 Å². The number of hydrogen-bond donors (Lipinski definition) is 1. The predicted molar refractivity (Wildman–Crippen MR) is 130 cm³/mol. The molecule has 1 fully saturated rings. The van der Waals surface area contributed by atoms with Gasteiger partial charge in [0, 0.05) is 19.2 Å². The molecule has 10 nitrogen and oxygen atoms in total. The van der Waals surface area contributed by atoms with Crippen LogP contribution in [0.3, 0.4) is 0 Å². The zero-order valence-electron chi connectivity index (χ0n) is 18.9. The van der Waals surface area contributed by atoms with Gasteiger partial charge < -0.3 is 9.64 Å². The molecule has 1 N–H and O–H groups in total. The number of aromatic nitrogens is 4. The van der Waals surface area contributed by atoms with E-state index in [-0.39, 0.29) is 58.9 Å². The number of rotatable bonds is 5. The summed E-state index contributed by atoms with van der Waals surface area (Å²) in [5, 5.41) is 3.22. The molecular formula is C23H24ClN5O5S. The van der Waals surface area contributed by atoms with E-state index >= 15 is 0 Å². The fourth-order valence-electron chi connectivity index (χ4n) is 4.26. The van der Waals surface area contributed by atoms with Crippen LogP contribution in [0.1, 0.15) is 47.6 Å². The standard InChI is InChI=1S/C23H24ClN5O5S/c24-17-7-4-8-18(20(17)22(31)28-9-11-35(32,33)12-10-28)34-14-16-13-19(30)29-23(25-16)26-21(27-29)15-5-2-1-3-6-15/h4-5,7-8,13H,1-3,6,9-12,14H2,(H,25,26,27). The van der Waals surface area contributed by atoms with Gasteiger partial charge in [-0.3, -0.25) is 14.7 Å². The number of nitrogens with zero attached hydrogens (tertiary/aromatic N) is 4. The van der Waals surface area contributed by atoms with Crippen LogP contribution in [0.15, 0.2) is 35.1 Å². The quantitative estimate of drug-likeness (QED) is 0.550. The number of fused-ring (bicyclic) bond motifs is 1. The molecular weight excluding hydrogens is 494 g/mol. The van der Waals surface area contributed by atoms with Crippen molar-refractivity contribution in [1.82, 2.24) is 24.5 Å². The summed E-state index contributed by atoms with van der Waals surface area (Å²) in [6, 6.07) is 6.18. The first-order chi connectivity index (χ1) is 16.8. The SMILES string of the molecule is O=C(c1c(Cl)cccc1OCc1cc(=O)n2[nH]c(C3=CCCCC3)nc2n1)N1CCS(=O)(=O)CC1. The maximum absolute atomic E-state index is 13.1. The molecule has 3 heterocycles. The first kappa shape index (κ1) is 23.6. The fraction of sp³-hybridized carbons (Fsp3) is 0.391. The number of halogens is 1. The number of amides is 1. The number of nitrogens with one attached hydrogen (secondary N) is 1. The number of carbonyl (C=O) groups is 1. The number of allylic oxidation sites excluding steroid dienone is 2. The molecule has 5 rings (SSSR count). The highest BCUT2D eigenvalue weighted by molar-refractivity contribution is 7.91. The number of hydrogen-bond acceptors (Lipinski definition) is 7. The van der Waals surface area contributed by atoms with Crippen molar-refractivity contribution in [2.45, 2.75) is 32.3 Å². The Labute approximate surface area is 206 Å². The van der Waals surface area contributed by atoms with Crippen LogP contribution in [-0.4, -0.2) is 63.4 Å². The Morgan fingerprint density at radius 2 is 1.97 bits per heavy atom. The van der Waals surface area contributed by atoms with Crippen LogP contribution in [-0.2, 0) is 16.4 Å². The smallest absolute Gasteiger partial charge is 0.274 e. The topological polar surface area (TPSA) is 127 Å². The zero-order chi connectivity index (χ0) is 24.6. The van der Waals surface area contributed by atoms with E-state index in [2.05, 4.69) is 21.1 Å². The Morgan fingerprint density at radius 1 is 1.17 bits per heavy atom. The van der Waals surface area contributed by atoms with E-state index in [1.165, 1.54) is 15.5 Å². The van der Waals surface area contributed by atoms with Gasteiger partial charge in [0.05, 0.1) is 22.2 Å². The van der Waals surface area contributed by atoms with Crippen LogP contribution in [0.5, 0.6) is 5.75 Å². The Bertz CT molecular complexity index is 1480. The maximum Gasteiger partial charge on any atom is 0.274 e. The number of ether oxygens (including phenoxy) is 1. The van der Waals surface area contributed by atoms with Crippen LogP contribution in [0, 0.1) is 0 Å². The van der Waals surface area contributed by atoms with E-state index in [0.717, 1.165) is 31.3 Å². The number of sulfone groups is 1. The van der Waals surface area contributed by atoms with Crippen molar-refractivity contribution in [3.05, 3.63) is 62.8 Å². The van der Waals surface area contributed by atoms with E-state index in [9.17, 15) is 18.0 Å². The highest BCUT2D eigenvalue weighted by Gasteiger charge is 2.29. The van der Waals surface area contributed by atoms with Gasteiger partial charge in [-0.15, -0.1) is 0 Å². The largest absolute Gasteiger partial charge is 0.486 e. The molecule has 0 spiro atoms. The Morgan fingerprint density at radius 3 is 2.71 bits per heavy atom. The summed E-state index contributed by atoms with van der Waals surface area (Å²) in [5.41, 5.74) is 1.26. The van der Waals surface area contributed by atoms with Crippen LogP contribution < -0.4 is 10.3 Å². The van der Waals surface area contributed by atoms with Crippen molar-refractivity contribution in [2.75, 3.05) is 24.6 Å². The normalized spacial score (nSPS) is 17.9. The van der Waals surface area contributed by atoms with Gasteiger partial charge in [-0.25, -0.2) is 13.4 Å². The van der Waals surface area contributed by atoms with Gasteiger partial charge in [-0.05, 0) is 43.4 Å². The van der Waals surface area contributed by atoms with Crippen LogP contribution in [0.4, 0.5) is 0 Å². The summed E-state index contributed by atoms with van der Waals surface area (Å²) in [6.45, 7) is 0.114. The van der Waals surface area contributed by atoms with Gasteiger partial charge in [0.1, 0.15) is 17.9 Å². The Balaban J connectivity index is 1.37. The third-order valence-corrected chi connectivity index (χ3v) is 8.10. The molecule has 1 aliphatic heterocycles. The lowest BCUT2D eigenvalue weighted by atomic mass is 9.99. The first-order valence-electron chi connectivity index (χ1n) is 11.4. The van der Waals surface area contributed by atoms with Gasteiger partial charge >= 0.3 is 0 Å². The number of H-pyrrole nitrogens is 1. The number of carbonyl (C=O) groups excluding carboxylic acids is 1. The molecule has 184 valence electrons. The molecule has 35 heavy (non-hydrogen) atoms. The molecule has 1 saturated heterocycles. The summed E-state index contributed by atoms with van der Waals surface area (Å²) >= 11 is 6.33. The molecule has 0 atom stereocenters. The van der Waals surface area contributed by atoms with Gasteiger partial charge in [0.25, 0.3) is 17.2 Å². The van der Waals surface area contributed by atoms with Gasteiger partial charge in [0.2, 0.25) is 0 Å². The zero-order valence-corrected chi connectivity index (χ0v) is 20.4. The van der Waals surface area contributed by atoms with Gasteiger partial charge in [0.15, 0.2) is 15.7 Å². The van der Waals surface area contributed by atoms with E-state index in [0.29, 0.717) is 11.5 Å². The van der Waals surface area contributed by atoms with Crippen LogP contribution in [0.2, 0.25) is 5.02 Å². The van der Waals surface area contributed by atoms with Gasteiger partial charge in [-0.2, -0.15) is 9.50 Å². The van der Waals surface area contributed by atoms with Crippen molar-refractivity contribution in [3.8, 4) is 5.75 Å². The average molecular weight is 518 g/mol. The van der Waals surface area contributed by atoms with E-state index in [1.54, 1.807) is 18.2 Å². The second-order valence-corrected chi connectivity index (χ2v) is 11.3. The summed E-state index contributed by atoms with van der Waals surface area (Å²) in [5.74, 6) is 0.536. The van der Waals surface area contributed by atoms with Gasteiger partial charge in [-0.1, -0.05) is 23.7 Å². The first-order valence-corrected chi connectivity index (χ1v) is 13.6. The van der Waals surface area contributed by atoms with Crippen molar-refractivity contribution in [2.24, 2.45) is 0 Å². The second-order valence-electron chi connectivity index (χ2n) is 8.61. The van der Waals surface area contributed by atoms with Crippen LogP contribution >= 0.6 is 11.6 Å². The monoisotopic (exact) mass is 517 g/mol. The van der Waals surface area contributed by atoms with Crippen molar-refractivity contribution < 1.29 is 17.9 Å². The number of benzene rings is 1.